The molecule has 0 N–H and O–H groups in total. The molecule has 0 aliphatic heterocycles. The molecule has 3 nitrogen and oxygen atoms in total. The zero-order valence-electron chi connectivity index (χ0n) is 12.4. The topological polar surface area (TPSA) is 43.1 Å². The zero-order chi connectivity index (χ0) is 13.9. The molecule has 0 aromatic heterocycles. The van der Waals surface area contributed by atoms with Crippen molar-refractivity contribution in [2.75, 3.05) is 0 Å². The summed E-state index contributed by atoms with van der Waals surface area (Å²) >= 11 is 0. The summed E-state index contributed by atoms with van der Waals surface area (Å²) in [7, 11) is 0. The lowest BCUT2D eigenvalue weighted by Gasteiger charge is -2.16. The summed E-state index contributed by atoms with van der Waals surface area (Å²) in [4.78, 5) is 11.0. The molecule has 1 aliphatic rings. The molecular formula is C16H29NO2. The van der Waals surface area contributed by atoms with Crippen LogP contribution in [0, 0.1) is 16.0 Å². The molecule has 0 spiro atoms. The fourth-order valence-electron chi connectivity index (χ4n) is 2.92. The SMILES string of the molecule is CCC=CC1CCCCCCCCC([N+](=O)[O-])CC1. The van der Waals surface area contributed by atoms with Crippen molar-refractivity contribution in [3.8, 4) is 0 Å². The third-order valence-electron chi connectivity index (χ3n) is 4.18. The van der Waals surface area contributed by atoms with Gasteiger partial charge < -0.3 is 0 Å². The van der Waals surface area contributed by atoms with E-state index in [2.05, 4.69) is 19.1 Å². The Bertz CT molecular complexity index is 276. The van der Waals surface area contributed by atoms with Gasteiger partial charge in [0.1, 0.15) is 0 Å². The Hall–Kier alpha value is -0.860. The Balaban J connectivity index is 2.53. The highest BCUT2D eigenvalue weighted by molar-refractivity contribution is 4.88. The molecule has 1 aliphatic carbocycles. The summed E-state index contributed by atoms with van der Waals surface area (Å²) in [6.45, 7) is 2.14. The van der Waals surface area contributed by atoms with Crippen LogP contribution in [0.15, 0.2) is 12.2 Å². The number of nitrogens with zero attached hydrogens (tertiary/aromatic N) is 1. The molecule has 3 heteroatoms. The molecule has 110 valence electrons. The first-order valence-corrected chi connectivity index (χ1v) is 8.04. The van der Waals surface area contributed by atoms with Crippen molar-refractivity contribution in [1.29, 1.82) is 0 Å². The average molecular weight is 267 g/mol. The lowest BCUT2D eigenvalue weighted by atomic mass is 9.91. The van der Waals surface area contributed by atoms with Crippen LogP contribution in [0.3, 0.4) is 0 Å². The molecule has 2 unspecified atom stereocenters. The standard InChI is InChI=1S/C16H29NO2/c1-2-3-10-15-11-8-6-4-5-7-9-12-16(14-13-15)17(18)19/h3,10,15-16H,2,4-9,11-14H2,1H3. The summed E-state index contributed by atoms with van der Waals surface area (Å²) in [6, 6.07) is -0.308. The van der Waals surface area contributed by atoms with Crippen LogP contribution in [0.25, 0.3) is 0 Å². The summed E-state index contributed by atoms with van der Waals surface area (Å²) in [5.74, 6) is 0.557. The van der Waals surface area contributed by atoms with Gasteiger partial charge in [-0.25, -0.2) is 0 Å². The van der Waals surface area contributed by atoms with Gasteiger partial charge in [-0.2, -0.15) is 0 Å². The van der Waals surface area contributed by atoms with E-state index in [0.717, 1.165) is 32.1 Å². The third-order valence-corrected chi connectivity index (χ3v) is 4.18. The smallest absolute Gasteiger partial charge is 0.213 e. The van der Waals surface area contributed by atoms with Gasteiger partial charge in [-0.3, -0.25) is 10.1 Å². The minimum atomic E-state index is -0.308. The molecule has 0 amide bonds. The predicted molar refractivity (Wildman–Crippen MR) is 79.9 cm³/mol. The molecule has 2 atom stereocenters. The van der Waals surface area contributed by atoms with Crippen LogP contribution >= 0.6 is 0 Å². The van der Waals surface area contributed by atoms with E-state index in [9.17, 15) is 10.1 Å². The number of rotatable bonds is 3. The van der Waals surface area contributed by atoms with E-state index in [1.807, 2.05) is 0 Å². The highest BCUT2D eigenvalue weighted by Crippen LogP contribution is 2.23. The maximum absolute atomic E-state index is 11.1. The molecule has 0 bridgehead atoms. The van der Waals surface area contributed by atoms with Crippen molar-refractivity contribution in [2.24, 2.45) is 5.92 Å². The lowest BCUT2D eigenvalue weighted by molar-refractivity contribution is -0.524. The minimum absolute atomic E-state index is 0.0492. The third kappa shape index (κ3) is 7.34. The molecule has 1 saturated carbocycles. The van der Waals surface area contributed by atoms with Gasteiger partial charge in [0.05, 0.1) is 0 Å². The second-order valence-corrected chi connectivity index (χ2v) is 5.81. The Morgan fingerprint density at radius 3 is 2.26 bits per heavy atom. The first-order chi connectivity index (χ1) is 9.24. The van der Waals surface area contributed by atoms with Crippen molar-refractivity contribution in [2.45, 2.75) is 83.6 Å². The minimum Gasteiger partial charge on any atom is -0.264 e. The Morgan fingerprint density at radius 1 is 1.00 bits per heavy atom. The number of hydrogen-bond donors (Lipinski definition) is 0. The van der Waals surface area contributed by atoms with Gasteiger partial charge >= 0.3 is 0 Å². The van der Waals surface area contributed by atoms with Gasteiger partial charge in [-0.1, -0.05) is 51.2 Å². The van der Waals surface area contributed by atoms with Crippen LogP contribution in [-0.2, 0) is 0 Å². The summed E-state index contributed by atoms with van der Waals surface area (Å²) in [5, 5.41) is 11.1. The molecule has 1 fully saturated rings. The van der Waals surface area contributed by atoms with Crippen molar-refractivity contribution < 1.29 is 4.92 Å². The van der Waals surface area contributed by atoms with Gasteiger partial charge in [0.15, 0.2) is 0 Å². The van der Waals surface area contributed by atoms with Crippen LogP contribution in [0.5, 0.6) is 0 Å². The number of hydrogen-bond acceptors (Lipinski definition) is 2. The fourth-order valence-corrected chi connectivity index (χ4v) is 2.92. The normalized spacial score (nSPS) is 27.6. The summed E-state index contributed by atoms with van der Waals surface area (Å²) in [6.07, 6.45) is 16.7. The largest absolute Gasteiger partial charge is 0.264 e. The van der Waals surface area contributed by atoms with E-state index < -0.39 is 0 Å². The van der Waals surface area contributed by atoms with E-state index in [4.69, 9.17) is 0 Å². The van der Waals surface area contributed by atoms with Gasteiger partial charge in [-0.05, 0) is 31.6 Å². The number of allylic oxidation sites excluding steroid dienone is 2. The van der Waals surface area contributed by atoms with Crippen LogP contribution in [0.4, 0.5) is 0 Å². The first kappa shape index (κ1) is 16.2. The maximum Gasteiger partial charge on any atom is 0.213 e. The van der Waals surface area contributed by atoms with Gasteiger partial charge in [-0.15, -0.1) is 0 Å². The fraction of sp³-hybridized carbons (Fsp3) is 0.875. The van der Waals surface area contributed by atoms with Crippen molar-refractivity contribution in [3.05, 3.63) is 22.3 Å². The van der Waals surface area contributed by atoms with Crippen LogP contribution < -0.4 is 0 Å². The Labute approximate surface area is 117 Å². The van der Waals surface area contributed by atoms with Crippen molar-refractivity contribution in [3.63, 3.8) is 0 Å². The van der Waals surface area contributed by atoms with E-state index in [1.54, 1.807) is 0 Å². The van der Waals surface area contributed by atoms with Gasteiger partial charge in [0, 0.05) is 17.8 Å². The molecule has 0 saturated heterocycles. The van der Waals surface area contributed by atoms with Crippen LogP contribution in [-0.4, -0.2) is 11.0 Å². The number of nitro groups is 1. The summed E-state index contributed by atoms with van der Waals surface area (Å²) < 4.78 is 0. The molecule has 19 heavy (non-hydrogen) atoms. The zero-order valence-corrected chi connectivity index (χ0v) is 12.4. The molecule has 0 heterocycles. The van der Waals surface area contributed by atoms with E-state index in [1.165, 1.54) is 38.5 Å². The van der Waals surface area contributed by atoms with E-state index >= 15 is 0 Å². The van der Waals surface area contributed by atoms with E-state index in [0.29, 0.717) is 5.92 Å². The van der Waals surface area contributed by atoms with Crippen molar-refractivity contribution in [1.82, 2.24) is 0 Å². The Kier molecular flexibility index (Phi) is 8.52. The highest BCUT2D eigenvalue weighted by Gasteiger charge is 2.21. The molecule has 1 rings (SSSR count). The monoisotopic (exact) mass is 267 g/mol. The van der Waals surface area contributed by atoms with Crippen LogP contribution in [0.2, 0.25) is 0 Å². The Morgan fingerprint density at radius 2 is 1.63 bits per heavy atom. The maximum atomic E-state index is 11.1. The highest BCUT2D eigenvalue weighted by atomic mass is 16.6. The molecular weight excluding hydrogens is 238 g/mol. The van der Waals surface area contributed by atoms with Crippen molar-refractivity contribution >= 4 is 0 Å². The lowest BCUT2D eigenvalue weighted by Crippen LogP contribution is -2.20. The first-order valence-electron chi connectivity index (χ1n) is 8.04. The molecule has 0 aromatic rings. The average Bonchev–Trinajstić information content (AvgIpc) is 2.38. The summed E-state index contributed by atoms with van der Waals surface area (Å²) in [5.41, 5.74) is 0. The van der Waals surface area contributed by atoms with E-state index in [-0.39, 0.29) is 11.0 Å². The second kappa shape index (κ2) is 9.99. The van der Waals surface area contributed by atoms with Gasteiger partial charge in [0.25, 0.3) is 0 Å². The molecule has 0 aromatic carbocycles. The predicted octanol–water partition coefficient (Wildman–Crippen LogP) is 5.13. The second-order valence-electron chi connectivity index (χ2n) is 5.81. The molecule has 0 radical (unpaired) electrons. The van der Waals surface area contributed by atoms with Gasteiger partial charge in [0.2, 0.25) is 6.04 Å². The quantitative estimate of drug-likeness (QED) is 0.404. The van der Waals surface area contributed by atoms with Crippen LogP contribution in [0.1, 0.15) is 77.6 Å².